The van der Waals surface area contributed by atoms with Gasteiger partial charge in [-0.2, -0.15) is 4.31 Å². The van der Waals surface area contributed by atoms with Gasteiger partial charge in [0.1, 0.15) is 5.82 Å². The highest BCUT2D eigenvalue weighted by Gasteiger charge is 2.30. The molecule has 152 valence electrons. The lowest BCUT2D eigenvalue weighted by molar-refractivity contribution is 0.175. The number of sulfonamides is 1. The van der Waals surface area contributed by atoms with Gasteiger partial charge in [0.15, 0.2) is 0 Å². The molecule has 0 aliphatic heterocycles. The molecule has 2 aromatic carbocycles. The van der Waals surface area contributed by atoms with Crippen LogP contribution in [0.15, 0.2) is 59.5 Å². The van der Waals surface area contributed by atoms with Crippen LogP contribution in [0.1, 0.15) is 25.8 Å². The van der Waals surface area contributed by atoms with Crippen molar-refractivity contribution in [3.8, 4) is 0 Å². The van der Waals surface area contributed by atoms with Crippen LogP contribution in [0.5, 0.6) is 0 Å². The maximum atomic E-state index is 13.2. The molecule has 0 aliphatic rings. The van der Waals surface area contributed by atoms with Gasteiger partial charge < -0.3 is 5.11 Å². The number of nitrogens with zero attached hydrogens (tertiary/aromatic N) is 1. The summed E-state index contributed by atoms with van der Waals surface area (Å²) >= 11 is 5.88. The average Bonchev–Trinajstić information content (AvgIpc) is 2.65. The highest BCUT2D eigenvalue weighted by atomic mass is 35.5. The summed E-state index contributed by atoms with van der Waals surface area (Å²) in [4.78, 5) is 0.120. The monoisotopic (exact) mass is 425 g/mol. The molecule has 0 heterocycles. The standard InChI is InChI=1S/C21H25ClFNO3S/c1-16(2)14-20(15-25)24(13-3-4-17-5-9-19(23)10-6-17)28(26,27)21-11-7-18(22)8-12-21/h3-12,16,20,25H,13-15H2,1-2H3/t20-/m1/s1. The van der Waals surface area contributed by atoms with Gasteiger partial charge >= 0.3 is 0 Å². The quantitative estimate of drug-likeness (QED) is 0.639. The number of hydrogen-bond donors (Lipinski definition) is 1. The molecule has 1 atom stereocenters. The predicted molar refractivity (Wildman–Crippen MR) is 111 cm³/mol. The van der Waals surface area contributed by atoms with Crippen molar-refractivity contribution in [2.24, 2.45) is 5.92 Å². The van der Waals surface area contributed by atoms with E-state index in [1.807, 2.05) is 13.8 Å². The van der Waals surface area contributed by atoms with Gasteiger partial charge in [-0.3, -0.25) is 0 Å². The Morgan fingerprint density at radius 2 is 1.71 bits per heavy atom. The minimum absolute atomic E-state index is 0.0836. The molecule has 0 saturated carbocycles. The summed E-state index contributed by atoms with van der Waals surface area (Å²) < 4.78 is 40.7. The van der Waals surface area contributed by atoms with Crippen LogP contribution in [0.2, 0.25) is 5.02 Å². The minimum Gasteiger partial charge on any atom is -0.395 e. The van der Waals surface area contributed by atoms with E-state index < -0.39 is 16.1 Å². The van der Waals surface area contributed by atoms with Gasteiger partial charge in [-0.15, -0.1) is 0 Å². The zero-order valence-electron chi connectivity index (χ0n) is 15.9. The van der Waals surface area contributed by atoms with E-state index in [1.54, 1.807) is 24.3 Å². The van der Waals surface area contributed by atoms with Gasteiger partial charge in [-0.25, -0.2) is 12.8 Å². The minimum atomic E-state index is -3.83. The lowest BCUT2D eigenvalue weighted by Gasteiger charge is -2.30. The van der Waals surface area contributed by atoms with Crippen LogP contribution in [-0.4, -0.2) is 37.0 Å². The summed E-state index contributed by atoms with van der Waals surface area (Å²) in [5.74, 6) is -0.123. The Hall–Kier alpha value is -1.73. The third kappa shape index (κ3) is 6.14. The molecule has 0 aromatic heterocycles. The Morgan fingerprint density at radius 3 is 2.25 bits per heavy atom. The molecule has 0 fully saturated rings. The van der Waals surface area contributed by atoms with E-state index in [1.165, 1.54) is 40.7 Å². The summed E-state index contributed by atoms with van der Waals surface area (Å²) in [6, 6.07) is 11.3. The van der Waals surface area contributed by atoms with Gasteiger partial charge in [0.25, 0.3) is 0 Å². The molecule has 0 unspecified atom stereocenters. The van der Waals surface area contributed by atoms with Gasteiger partial charge in [-0.1, -0.05) is 49.7 Å². The van der Waals surface area contributed by atoms with E-state index in [2.05, 4.69) is 0 Å². The van der Waals surface area contributed by atoms with Crippen molar-refractivity contribution in [3.63, 3.8) is 0 Å². The highest BCUT2D eigenvalue weighted by Crippen LogP contribution is 2.23. The van der Waals surface area contributed by atoms with Crippen molar-refractivity contribution in [2.75, 3.05) is 13.2 Å². The largest absolute Gasteiger partial charge is 0.395 e. The van der Waals surface area contributed by atoms with Crippen molar-refractivity contribution in [1.29, 1.82) is 0 Å². The second kappa shape index (κ2) is 10.2. The van der Waals surface area contributed by atoms with Crippen LogP contribution in [0.4, 0.5) is 4.39 Å². The van der Waals surface area contributed by atoms with Crippen LogP contribution in [0.3, 0.4) is 0 Å². The second-order valence-electron chi connectivity index (χ2n) is 6.95. The fraction of sp³-hybridized carbons (Fsp3) is 0.333. The Morgan fingerprint density at radius 1 is 1.11 bits per heavy atom. The molecule has 28 heavy (non-hydrogen) atoms. The molecule has 2 aromatic rings. The molecular formula is C21H25ClFNO3S. The van der Waals surface area contributed by atoms with E-state index in [0.29, 0.717) is 11.4 Å². The number of rotatable bonds is 9. The Balaban J connectivity index is 2.32. The first kappa shape index (κ1) is 22.6. The number of hydrogen-bond acceptors (Lipinski definition) is 3. The van der Waals surface area contributed by atoms with Gasteiger partial charge in [0, 0.05) is 17.6 Å². The molecule has 0 radical (unpaired) electrons. The molecule has 0 bridgehead atoms. The Labute approximate surface area is 171 Å². The maximum absolute atomic E-state index is 13.2. The molecule has 0 spiro atoms. The van der Waals surface area contributed by atoms with Gasteiger partial charge in [-0.05, 0) is 54.3 Å². The fourth-order valence-electron chi connectivity index (χ4n) is 2.88. The highest BCUT2D eigenvalue weighted by molar-refractivity contribution is 7.89. The molecular weight excluding hydrogens is 401 g/mol. The average molecular weight is 426 g/mol. The van der Waals surface area contributed by atoms with Crippen molar-refractivity contribution >= 4 is 27.7 Å². The topological polar surface area (TPSA) is 57.6 Å². The smallest absolute Gasteiger partial charge is 0.243 e. The lowest BCUT2D eigenvalue weighted by Crippen LogP contribution is -2.43. The zero-order chi connectivity index (χ0) is 20.7. The summed E-state index contributed by atoms with van der Waals surface area (Å²) in [6.45, 7) is 3.75. The summed E-state index contributed by atoms with van der Waals surface area (Å²) in [5, 5.41) is 10.3. The van der Waals surface area contributed by atoms with Crippen LogP contribution >= 0.6 is 11.6 Å². The first-order valence-electron chi connectivity index (χ1n) is 9.04. The zero-order valence-corrected chi connectivity index (χ0v) is 17.5. The Bertz CT molecular complexity index is 881. The van der Waals surface area contributed by atoms with Crippen molar-refractivity contribution < 1.29 is 17.9 Å². The summed E-state index contributed by atoms with van der Waals surface area (Å²) in [5.41, 5.74) is 0.759. The SMILES string of the molecule is CC(C)C[C@H](CO)N(CC=Cc1ccc(F)cc1)S(=O)(=O)c1ccc(Cl)cc1. The molecule has 0 amide bonds. The first-order chi connectivity index (χ1) is 13.2. The van der Waals surface area contributed by atoms with E-state index in [4.69, 9.17) is 11.6 Å². The lowest BCUT2D eigenvalue weighted by atomic mass is 10.0. The van der Waals surface area contributed by atoms with Gasteiger partial charge in [0.05, 0.1) is 11.5 Å². The maximum Gasteiger partial charge on any atom is 0.243 e. The van der Waals surface area contributed by atoms with Crippen LogP contribution < -0.4 is 0 Å². The number of benzene rings is 2. The third-order valence-corrected chi connectivity index (χ3v) is 6.43. The van der Waals surface area contributed by atoms with E-state index in [0.717, 1.165) is 5.56 Å². The molecule has 7 heteroatoms. The Kier molecular flexibility index (Phi) is 8.19. The fourth-order valence-corrected chi connectivity index (χ4v) is 4.58. The van der Waals surface area contributed by atoms with Crippen LogP contribution in [-0.2, 0) is 10.0 Å². The molecule has 4 nitrogen and oxygen atoms in total. The molecule has 0 aliphatic carbocycles. The normalized spacial score (nSPS) is 13.5. The molecule has 0 saturated heterocycles. The van der Waals surface area contributed by atoms with Crippen molar-refractivity contribution in [1.82, 2.24) is 4.31 Å². The summed E-state index contributed by atoms with van der Waals surface area (Å²) in [7, 11) is -3.83. The van der Waals surface area contributed by atoms with Crippen molar-refractivity contribution in [2.45, 2.75) is 31.2 Å². The van der Waals surface area contributed by atoms with E-state index in [9.17, 15) is 17.9 Å². The van der Waals surface area contributed by atoms with Crippen molar-refractivity contribution in [3.05, 3.63) is 71.0 Å². The van der Waals surface area contributed by atoms with Crippen LogP contribution in [0.25, 0.3) is 6.08 Å². The first-order valence-corrected chi connectivity index (χ1v) is 10.9. The van der Waals surface area contributed by atoms with Crippen LogP contribution in [0, 0.1) is 11.7 Å². The molecule has 2 rings (SSSR count). The van der Waals surface area contributed by atoms with Gasteiger partial charge in [0.2, 0.25) is 10.0 Å². The molecule has 1 N–H and O–H groups in total. The second-order valence-corrected chi connectivity index (χ2v) is 9.28. The number of halogens is 2. The predicted octanol–water partition coefficient (Wildman–Crippen LogP) is 4.59. The van der Waals surface area contributed by atoms with E-state index in [-0.39, 0.29) is 29.8 Å². The number of aliphatic hydroxyl groups is 1. The third-order valence-electron chi connectivity index (χ3n) is 4.25. The van der Waals surface area contributed by atoms with E-state index >= 15 is 0 Å². The summed E-state index contributed by atoms with van der Waals surface area (Å²) in [6.07, 6.45) is 3.95. The number of aliphatic hydroxyl groups excluding tert-OH is 1.